The smallest absolute Gasteiger partial charge is 0.338 e. The Morgan fingerprint density at radius 2 is 1.73 bits per heavy atom. The molecule has 0 radical (unpaired) electrons. The van der Waals surface area contributed by atoms with Gasteiger partial charge in [-0.2, -0.15) is 0 Å². The molecule has 0 N–H and O–H groups in total. The predicted molar refractivity (Wildman–Crippen MR) is 108 cm³/mol. The van der Waals surface area contributed by atoms with Crippen LogP contribution < -0.4 is 4.90 Å². The van der Waals surface area contributed by atoms with Crippen LogP contribution in [0.4, 0.5) is 11.4 Å². The first-order chi connectivity index (χ1) is 12.7. The van der Waals surface area contributed by atoms with Gasteiger partial charge in [-0.15, -0.1) is 0 Å². The summed E-state index contributed by atoms with van der Waals surface area (Å²) in [5.41, 5.74) is 2.52. The minimum atomic E-state index is -0.286. The molecule has 0 unspecified atom stereocenters. The largest absolute Gasteiger partial charge is 0.462 e. The number of unbranched alkanes of at least 4 members (excludes halogenated alkanes) is 3. The lowest BCUT2D eigenvalue weighted by atomic mass is 10.1. The average Bonchev–Trinajstić information content (AvgIpc) is 2.68. The summed E-state index contributed by atoms with van der Waals surface area (Å²) in [5, 5.41) is 0. The third-order valence-electron chi connectivity index (χ3n) is 4.07. The van der Waals surface area contributed by atoms with Crippen molar-refractivity contribution in [1.29, 1.82) is 0 Å². The number of hydrogen-bond acceptors (Lipinski definition) is 3. The molecule has 0 fully saturated rings. The number of carbonyl (C=O) groups excluding carboxylic acids is 1. The van der Waals surface area contributed by atoms with Crippen molar-refractivity contribution in [3.8, 4) is 0 Å². The molecule has 138 valence electrons. The van der Waals surface area contributed by atoms with Crippen LogP contribution in [0.15, 0.2) is 59.6 Å². The van der Waals surface area contributed by atoms with Crippen molar-refractivity contribution in [2.24, 2.45) is 4.99 Å². The summed E-state index contributed by atoms with van der Waals surface area (Å²) in [6.07, 6.45) is 6.64. The summed E-state index contributed by atoms with van der Waals surface area (Å²) < 4.78 is 5.05. The van der Waals surface area contributed by atoms with E-state index in [4.69, 9.17) is 4.74 Å². The Hall–Kier alpha value is -2.62. The van der Waals surface area contributed by atoms with E-state index in [0.29, 0.717) is 12.2 Å². The fourth-order valence-corrected chi connectivity index (χ4v) is 2.62. The van der Waals surface area contributed by atoms with Crippen molar-refractivity contribution < 1.29 is 9.53 Å². The molecule has 0 atom stereocenters. The fraction of sp³-hybridized carbons (Fsp3) is 0.364. The summed E-state index contributed by atoms with van der Waals surface area (Å²) in [7, 11) is 0. The van der Waals surface area contributed by atoms with Crippen LogP contribution in [0.25, 0.3) is 0 Å². The second kappa shape index (κ2) is 11.1. The lowest BCUT2D eigenvalue weighted by molar-refractivity contribution is 0.0526. The lowest BCUT2D eigenvalue weighted by Gasteiger charge is -2.20. The van der Waals surface area contributed by atoms with Gasteiger partial charge in [-0.05, 0) is 49.7 Å². The highest BCUT2D eigenvalue weighted by molar-refractivity contribution is 5.90. The van der Waals surface area contributed by atoms with E-state index in [1.165, 1.54) is 19.3 Å². The predicted octanol–water partition coefficient (Wildman–Crippen LogP) is 5.61. The molecule has 0 aliphatic rings. The van der Waals surface area contributed by atoms with E-state index in [0.717, 1.165) is 24.3 Å². The number of benzene rings is 2. The van der Waals surface area contributed by atoms with Gasteiger partial charge in [-0.25, -0.2) is 9.79 Å². The first kappa shape index (κ1) is 19.7. The second-order valence-electron chi connectivity index (χ2n) is 6.10. The van der Waals surface area contributed by atoms with Gasteiger partial charge in [0, 0.05) is 12.2 Å². The van der Waals surface area contributed by atoms with Gasteiger partial charge in [-0.1, -0.05) is 44.4 Å². The molecule has 4 nitrogen and oxygen atoms in total. The topological polar surface area (TPSA) is 41.9 Å². The normalized spacial score (nSPS) is 10.8. The third-order valence-corrected chi connectivity index (χ3v) is 4.07. The highest BCUT2D eigenvalue weighted by Gasteiger charge is 2.08. The van der Waals surface area contributed by atoms with E-state index in [1.807, 2.05) is 67.9 Å². The van der Waals surface area contributed by atoms with Gasteiger partial charge >= 0.3 is 5.97 Å². The fourth-order valence-electron chi connectivity index (χ4n) is 2.62. The molecule has 4 heteroatoms. The summed E-state index contributed by atoms with van der Waals surface area (Å²) >= 11 is 0. The summed E-state index contributed by atoms with van der Waals surface area (Å²) in [6, 6.07) is 17.4. The first-order valence-electron chi connectivity index (χ1n) is 9.37. The van der Waals surface area contributed by atoms with E-state index < -0.39 is 0 Å². The van der Waals surface area contributed by atoms with Gasteiger partial charge in [0.2, 0.25) is 0 Å². The molecule has 0 saturated heterocycles. The van der Waals surface area contributed by atoms with Crippen LogP contribution in [0.3, 0.4) is 0 Å². The number of ether oxygens (including phenoxy) is 1. The van der Waals surface area contributed by atoms with Crippen molar-refractivity contribution >= 4 is 23.7 Å². The second-order valence-corrected chi connectivity index (χ2v) is 6.10. The number of rotatable bonds is 10. The summed E-state index contributed by atoms with van der Waals surface area (Å²) in [5.74, 6) is -0.286. The molecule has 0 heterocycles. The van der Waals surface area contributed by atoms with Gasteiger partial charge in [-0.3, -0.25) is 0 Å². The van der Waals surface area contributed by atoms with Gasteiger partial charge < -0.3 is 9.64 Å². The highest BCUT2D eigenvalue weighted by Crippen LogP contribution is 2.17. The number of carbonyl (C=O) groups is 1. The molecule has 0 amide bonds. The van der Waals surface area contributed by atoms with E-state index in [-0.39, 0.29) is 5.97 Å². The molecule has 0 spiro atoms. The van der Waals surface area contributed by atoms with Gasteiger partial charge in [0.1, 0.15) is 0 Å². The van der Waals surface area contributed by atoms with Crippen LogP contribution in [0, 0.1) is 0 Å². The summed E-state index contributed by atoms with van der Waals surface area (Å²) in [4.78, 5) is 18.5. The van der Waals surface area contributed by atoms with E-state index in [1.54, 1.807) is 0 Å². The minimum absolute atomic E-state index is 0.286. The van der Waals surface area contributed by atoms with Crippen LogP contribution in [0.2, 0.25) is 0 Å². The maximum absolute atomic E-state index is 11.8. The molecule has 0 bridgehead atoms. The number of esters is 1. The van der Waals surface area contributed by atoms with Crippen LogP contribution in [-0.2, 0) is 4.74 Å². The molecule has 0 aliphatic carbocycles. The van der Waals surface area contributed by atoms with Gasteiger partial charge in [0.05, 0.1) is 24.2 Å². The standard InChI is InChI=1S/C22H28N2O2/c1-3-5-6-10-17-24(18-23-20-11-8-7-9-12-20)21-15-13-19(14-16-21)22(25)26-4-2/h7-9,11-16,18H,3-6,10,17H2,1-2H3. The van der Waals surface area contributed by atoms with E-state index in [9.17, 15) is 4.79 Å². The molecule has 2 aromatic rings. The SMILES string of the molecule is CCCCCCN(C=Nc1ccccc1)c1ccc(C(=O)OCC)cc1. The number of nitrogens with zero attached hydrogens (tertiary/aromatic N) is 2. The molecule has 2 rings (SSSR count). The number of aliphatic imine (C=N–C) groups is 1. The quantitative estimate of drug-likeness (QED) is 0.241. The zero-order valence-electron chi connectivity index (χ0n) is 15.7. The van der Waals surface area contributed by atoms with Crippen LogP contribution >= 0.6 is 0 Å². The highest BCUT2D eigenvalue weighted by atomic mass is 16.5. The van der Waals surface area contributed by atoms with Crippen molar-refractivity contribution in [2.45, 2.75) is 39.5 Å². The average molecular weight is 352 g/mol. The maximum Gasteiger partial charge on any atom is 0.338 e. The van der Waals surface area contributed by atoms with Crippen molar-refractivity contribution in [3.63, 3.8) is 0 Å². The Bertz CT molecular complexity index is 681. The number of para-hydroxylation sites is 1. The molecule has 2 aromatic carbocycles. The first-order valence-corrected chi connectivity index (χ1v) is 9.37. The van der Waals surface area contributed by atoms with Gasteiger partial charge in [0.15, 0.2) is 0 Å². The molecule has 26 heavy (non-hydrogen) atoms. The third kappa shape index (κ3) is 6.36. The lowest BCUT2D eigenvalue weighted by Crippen LogP contribution is -2.22. The number of hydrogen-bond donors (Lipinski definition) is 0. The van der Waals surface area contributed by atoms with E-state index >= 15 is 0 Å². The number of anilines is 1. The minimum Gasteiger partial charge on any atom is -0.462 e. The zero-order valence-corrected chi connectivity index (χ0v) is 15.7. The van der Waals surface area contributed by atoms with Crippen molar-refractivity contribution in [3.05, 3.63) is 60.2 Å². The molecule has 0 aromatic heterocycles. The molecular formula is C22H28N2O2. The Kier molecular flexibility index (Phi) is 8.40. The molecule has 0 aliphatic heterocycles. The Morgan fingerprint density at radius 3 is 2.38 bits per heavy atom. The Labute approximate surface area is 156 Å². The zero-order chi connectivity index (χ0) is 18.6. The van der Waals surface area contributed by atoms with E-state index in [2.05, 4.69) is 16.8 Å². The van der Waals surface area contributed by atoms with Crippen molar-refractivity contribution in [2.75, 3.05) is 18.1 Å². The van der Waals surface area contributed by atoms with Crippen LogP contribution in [-0.4, -0.2) is 25.5 Å². The van der Waals surface area contributed by atoms with Crippen LogP contribution in [0.5, 0.6) is 0 Å². The monoisotopic (exact) mass is 352 g/mol. The maximum atomic E-state index is 11.8. The molecule has 0 saturated carbocycles. The van der Waals surface area contributed by atoms with Crippen LogP contribution in [0.1, 0.15) is 49.9 Å². The Balaban J connectivity index is 2.11. The summed E-state index contributed by atoms with van der Waals surface area (Å²) in [6.45, 7) is 5.30. The van der Waals surface area contributed by atoms with Crippen molar-refractivity contribution in [1.82, 2.24) is 0 Å². The Morgan fingerprint density at radius 1 is 1.00 bits per heavy atom. The molecular weight excluding hydrogens is 324 g/mol. The van der Waals surface area contributed by atoms with Gasteiger partial charge in [0.25, 0.3) is 0 Å².